The first-order valence-corrected chi connectivity index (χ1v) is 11.3. The Morgan fingerprint density at radius 1 is 1.00 bits per heavy atom. The van der Waals surface area contributed by atoms with E-state index in [2.05, 4.69) is 4.98 Å². The lowest BCUT2D eigenvalue weighted by molar-refractivity contribution is 0.289. The zero-order valence-electron chi connectivity index (χ0n) is 15.4. The van der Waals surface area contributed by atoms with Gasteiger partial charge in [0.25, 0.3) is 10.1 Å². The molecule has 3 rings (SSSR count). The van der Waals surface area contributed by atoms with E-state index in [1.165, 1.54) is 31.4 Å². The molecule has 1 heterocycles. The summed E-state index contributed by atoms with van der Waals surface area (Å²) in [6.45, 7) is 1.44. The number of aromatic nitrogens is 1. The molecule has 0 aliphatic carbocycles. The first kappa shape index (κ1) is 20.4. The summed E-state index contributed by atoms with van der Waals surface area (Å²) in [5.74, 6) is 0. The van der Waals surface area contributed by atoms with Crippen molar-refractivity contribution in [1.82, 2.24) is 9.29 Å². The Morgan fingerprint density at radius 3 is 2.43 bits per heavy atom. The minimum absolute atomic E-state index is 0.0326. The van der Waals surface area contributed by atoms with Crippen molar-refractivity contribution in [1.29, 1.82) is 0 Å². The molecule has 0 aliphatic rings. The van der Waals surface area contributed by atoms with E-state index in [-0.39, 0.29) is 22.9 Å². The average Bonchev–Trinajstić information content (AvgIpc) is 2.67. The number of pyridine rings is 1. The van der Waals surface area contributed by atoms with Gasteiger partial charge in [-0.25, -0.2) is 8.42 Å². The third-order valence-corrected chi connectivity index (χ3v) is 7.52. The molecular weight excluding hydrogens is 400 g/mol. The van der Waals surface area contributed by atoms with E-state index in [0.29, 0.717) is 10.8 Å². The molecule has 2 aromatic carbocycles. The predicted molar refractivity (Wildman–Crippen MR) is 106 cm³/mol. The van der Waals surface area contributed by atoms with E-state index in [1.54, 1.807) is 36.5 Å². The number of fused-ring (bicyclic) bond motifs is 1. The molecule has 0 spiro atoms. The summed E-state index contributed by atoms with van der Waals surface area (Å²) < 4.78 is 56.3. The van der Waals surface area contributed by atoms with Crippen LogP contribution in [0.2, 0.25) is 0 Å². The van der Waals surface area contributed by atoms with Gasteiger partial charge in [-0.3, -0.25) is 9.17 Å². The van der Waals surface area contributed by atoms with Crippen molar-refractivity contribution in [3.8, 4) is 0 Å². The van der Waals surface area contributed by atoms with Gasteiger partial charge in [0, 0.05) is 36.8 Å². The molecule has 0 saturated heterocycles. The number of hydrogen-bond acceptors (Lipinski definition) is 6. The highest BCUT2D eigenvalue weighted by atomic mass is 32.2. The first-order valence-electron chi connectivity index (χ1n) is 8.47. The van der Waals surface area contributed by atoms with Gasteiger partial charge in [-0.2, -0.15) is 12.7 Å². The molecule has 148 valence electrons. The average molecular weight is 421 g/mol. The van der Waals surface area contributed by atoms with Crippen LogP contribution < -0.4 is 0 Å². The Balaban J connectivity index is 1.73. The summed E-state index contributed by atoms with van der Waals surface area (Å²) in [7, 11) is -6.38. The summed E-state index contributed by atoms with van der Waals surface area (Å²) >= 11 is 0. The molecule has 0 fully saturated rings. The highest BCUT2D eigenvalue weighted by Crippen LogP contribution is 2.24. The second-order valence-corrected chi connectivity index (χ2v) is 9.90. The van der Waals surface area contributed by atoms with E-state index < -0.39 is 20.1 Å². The Labute approximate surface area is 164 Å². The van der Waals surface area contributed by atoms with Crippen LogP contribution in [0, 0.1) is 6.92 Å². The van der Waals surface area contributed by atoms with E-state index in [1.807, 2.05) is 6.92 Å². The molecule has 0 saturated carbocycles. The van der Waals surface area contributed by atoms with Crippen molar-refractivity contribution < 1.29 is 21.0 Å². The molecule has 0 bridgehead atoms. The largest absolute Gasteiger partial charge is 0.297 e. The van der Waals surface area contributed by atoms with Crippen molar-refractivity contribution >= 4 is 30.9 Å². The van der Waals surface area contributed by atoms with Crippen molar-refractivity contribution in [3.05, 3.63) is 66.5 Å². The quantitative estimate of drug-likeness (QED) is 0.546. The monoisotopic (exact) mass is 420 g/mol. The van der Waals surface area contributed by atoms with Crippen molar-refractivity contribution in [2.45, 2.75) is 16.7 Å². The van der Waals surface area contributed by atoms with Gasteiger partial charge >= 0.3 is 0 Å². The van der Waals surface area contributed by atoms with Crippen LogP contribution >= 0.6 is 0 Å². The molecule has 28 heavy (non-hydrogen) atoms. The molecule has 0 aliphatic heterocycles. The third-order valence-electron chi connectivity index (χ3n) is 4.28. The fraction of sp³-hybridized carbons (Fsp3) is 0.211. The zero-order chi connectivity index (χ0) is 20.4. The zero-order valence-corrected chi connectivity index (χ0v) is 17.1. The maximum Gasteiger partial charge on any atom is 0.297 e. The number of nitrogens with zero attached hydrogens (tertiary/aromatic N) is 2. The van der Waals surface area contributed by atoms with Gasteiger partial charge in [0.1, 0.15) is 0 Å². The number of hydrogen-bond donors (Lipinski definition) is 0. The minimum Gasteiger partial charge on any atom is -0.265 e. The lowest BCUT2D eigenvalue weighted by Gasteiger charge is -2.18. The fourth-order valence-corrected chi connectivity index (χ4v) is 4.92. The van der Waals surface area contributed by atoms with Gasteiger partial charge in [0.2, 0.25) is 10.0 Å². The molecule has 0 radical (unpaired) electrons. The van der Waals surface area contributed by atoms with Gasteiger partial charge < -0.3 is 0 Å². The third kappa shape index (κ3) is 4.22. The summed E-state index contributed by atoms with van der Waals surface area (Å²) in [4.78, 5) is 4.16. The molecule has 0 N–H and O–H groups in total. The Bertz CT molecular complexity index is 1190. The van der Waals surface area contributed by atoms with Crippen LogP contribution in [0.15, 0.2) is 70.7 Å². The minimum atomic E-state index is -3.95. The first-order chi connectivity index (χ1) is 13.2. The number of sulfonamides is 1. The van der Waals surface area contributed by atoms with E-state index in [0.717, 1.165) is 9.87 Å². The normalized spacial score (nSPS) is 12.5. The second-order valence-electron chi connectivity index (χ2n) is 6.27. The van der Waals surface area contributed by atoms with Gasteiger partial charge in [0.15, 0.2) is 0 Å². The van der Waals surface area contributed by atoms with Crippen LogP contribution in [0.3, 0.4) is 0 Å². The maximum absolute atomic E-state index is 12.9. The number of likely N-dealkylation sites (N-methyl/N-ethyl adjacent to an activating group) is 1. The van der Waals surface area contributed by atoms with E-state index >= 15 is 0 Å². The number of aryl methyl sites for hydroxylation is 1. The van der Waals surface area contributed by atoms with Crippen LogP contribution in [-0.2, 0) is 24.3 Å². The second kappa shape index (κ2) is 7.96. The lowest BCUT2D eigenvalue weighted by atomic mass is 10.2. The van der Waals surface area contributed by atoms with Gasteiger partial charge in [0.05, 0.1) is 16.4 Å². The van der Waals surface area contributed by atoms with Crippen LogP contribution in [0.1, 0.15) is 5.56 Å². The van der Waals surface area contributed by atoms with E-state index in [4.69, 9.17) is 4.18 Å². The molecule has 0 unspecified atom stereocenters. The van der Waals surface area contributed by atoms with Crippen molar-refractivity contribution in [2.75, 3.05) is 20.2 Å². The summed E-state index contributed by atoms with van der Waals surface area (Å²) in [5, 5.41) is 1.26. The van der Waals surface area contributed by atoms with Crippen LogP contribution in [0.25, 0.3) is 10.8 Å². The molecule has 0 atom stereocenters. The van der Waals surface area contributed by atoms with Crippen LogP contribution in [0.4, 0.5) is 0 Å². The fourth-order valence-electron chi connectivity index (χ4n) is 2.65. The van der Waals surface area contributed by atoms with Crippen LogP contribution in [-0.4, -0.2) is 46.3 Å². The Hall–Kier alpha value is -2.33. The molecule has 0 amide bonds. The Morgan fingerprint density at radius 2 is 1.71 bits per heavy atom. The standard InChI is InChI=1S/C19H20N2O5S2/c1-15-6-8-17(9-7-15)28(24,25)26-13-12-21(2)27(22,23)19-5-3-4-16-14-20-11-10-18(16)19/h3-11,14H,12-13H2,1-2H3. The smallest absolute Gasteiger partial charge is 0.265 e. The molecule has 9 heteroatoms. The maximum atomic E-state index is 12.9. The number of benzene rings is 2. The molecule has 7 nitrogen and oxygen atoms in total. The topological polar surface area (TPSA) is 93.6 Å². The summed E-state index contributed by atoms with van der Waals surface area (Å²) in [6, 6.07) is 12.8. The van der Waals surface area contributed by atoms with Crippen molar-refractivity contribution in [3.63, 3.8) is 0 Å². The number of rotatable bonds is 7. The van der Waals surface area contributed by atoms with Gasteiger partial charge in [-0.05, 0) is 31.2 Å². The lowest BCUT2D eigenvalue weighted by Crippen LogP contribution is -2.31. The summed E-state index contributed by atoms with van der Waals surface area (Å²) in [6.07, 6.45) is 3.12. The molecule has 3 aromatic rings. The Kier molecular flexibility index (Phi) is 5.80. The predicted octanol–water partition coefficient (Wildman–Crippen LogP) is 2.57. The van der Waals surface area contributed by atoms with E-state index in [9.17, 15) is 16.8 Å². The van der Waals surface area contributed by atoms with Gasteiger partial charge in [-0.15, -0.1) is 0 Å². The van der Waals surface area contributed by atoms with Crippen LogP contribution in [0.5, 0.6) is 0 Å². The summed E-state index contributed by atoms with van der Waals surface area (Å²) in [5.41, 5.74) is 0.926. The molecular formula is C19H20N2O5S2. The highest BCUT2D eigenvalue weighted by molar-refractivity contribution is 7.89. The van der Waals surface area contributed by atoms with Gasteiger partial charge in [-0.1, -0.05) is 29.8 Å². The highest BCUT2D eigenvalue weighted by Gasteiger charge is 2.24. The SMILES string of the molecule is Cc1ccc(S(=O)(=O)OCCN(C)S(=O)(=O)c2cccc3cnccc23)cc1. The molecule has 1 aromatic heterocycles. The van der Waals surface area contributed by atoms with Crippen molar-refractivity contribution in [2.24, 2.45) is 0 Å².